The first-order valence-corrected chi connectivity index (χ1v) is 8.09. The zero-order chi connectivity index (χ0) is 16.1. The molecule has 0 saturated carbocycles. The molecule has 3 rings (SSSR count). The van der Waals surface area contributed by atoms with Crippen LogP contribution >= 0.6 is 11.3 Å². The Labute approximate surface area is 138 Å². The van der Waals surface area contributed by atoms with Crippen LogP contribution in [0.4, 0.5) is 5.82 Å². The minimum atomic E-state index is -0.204. The summed E-state index contributed by atoms with van der Waals surface area (Å²) < 4.78 is 5.73. The van der Waals surface area contributed by atoms with Gasteiger partial charge in [0.25, 0.3) is 5.91 Å². The lowest BCUT2D eigenvalue weighted by molar-refractivity contribution is 0.102. The first-order valence-electron chi connectivity index (χ1n) is 7.21. The van der Waals surface area contributed by atoms with Gasteiger partial charge >= 0.3 is 0 Å². The van der Waals surface area contributed by atoms with Crippen molar-refractivity contribution in [2.75, 3.05) is 5.32 Å². The Hall–Kier alpha value is -2.66. The maximum absolute atomic E-state index is 12.3. The molecule has 116 valence electrons. The summed E-state index contributed by atoms with van der Waals surface area (Å²) in [4.78, 5) is 17.7. The summed E-state index contributed by atoms with van der Waals surface area (Å²) in [6, 6.07) is 16.7. The molecule has 1 N–H and O–H groups in total. The quantitative estimate of drug-likeness (QED) is 0.762. The number of benzene rings is 1. The molecule has 0 spiro atoms. The third kappa shape index (κ3) is 4.17. The Morgan fingerprint density at radius 1 is 1.17 bits per heavy atom. The molecular formula is C18H16N2O2S. The van der Waals surface area contributed by atoms with Crippen LogP contribution in [0.15, 0.2) is 60.0 Å². The van der Waals surface area contributed by atoms with Crippen molar-refractivity contribution in [3.63, 3.8) is 0 Å². The zero-order valence-electron chi connectivity index (χ0n) is 12.7. The second-order valence-corrected chi connectivity index (χ2v) is 6.05. The monoisotopic (exact) mass is 324 g/mol. The second-order valence-electron chi connectivity index (χ2n) is 5.01. The van der Waals surface area contributed by atoms with Gasteiger partial charge in [-0.25, -0.2) is 4.98 Å². The van der Waals surface area contributed by atoms with Gasteiger partial charge in [-0.1, -0.05) is 18.2 Å². The number of anilines is 1. The lowest BCUT2D eigenvalue weighted by Gasteiger charge is -2.08. The van der Waals surface area contributed by atoms with Gasteiger partial charge < -0.3 is 10.1 Å². The van der Waals surface area contributed by atoms with Gasteiger partial charge in [0.05, 0.1) is 0 Å². The minimum absolute atomic E-state index is 0.204. The van der Waals surface area contributed by atoms with E-state index < -0.39 is 0 Å². The molecular weight excluding hydrogens is 308 g/mol. The molecule has 0 atom stereocenters. The fourth-order valence-electron chi connectivity index (χ4n) is 2.08. The molecule has 0 aliphatic rings. The summed E-state index contributed by atoms with van der Waals surface area (Å²) in [6.45, 7) is 2.39. The van der Waals surface area contributed by atoms with Crippen molar-refractivity contribution in [2.24, 2.45) is 0 Å². The number of aryl methyl sites for hydroxylation is 1. The lowest BCUT2D eigenvalue weighted by atomic mass is 10.2. The van der Waals surface area contributed by atoms with Gasteiger partial charge in [-0.3, -0.25) is 4.79 Å². The number of carbonyl (C=O) groups is 1. The summed E-state index contributed by atoms with van der Waals surface area (Å²) in [5.74, 6) is 1.01. The lowest BCUT2D eigenvalue weighted by Crippen LogP contribution is -2.13. The van der Waals surface area contributed by atoms with Gasteiger partial charge in [0.2, 0.25) is 0 Å². The van der Waals surface area contributed by atoms with Gasteiger partial charge in [0.1, 0.15) is 18.2 Å². The number of amides is 1. The van der Waals surface area contributed by atoms with Crippen molar-refractivity contribution in [3.8, 4) is 5.75 Å². The van der Waals surface area contributed by atoms with Crippen LogP contribution in [0.1, 0.15) is 20.9 Å². The van der Waals surface area contributed by atoms with Gasteiger partial charge in [0.15, 0.2) is 0 Å². The molecule has 0 saturated heterocycles. The number of pyridine rings is 1. The number of thiophene rings is 1. The highest BCUT2D eigenvalue weighted by molar-refractivity contribution is 7.09. The number of aromatic nitrogens is 1. The molecule has 3 aromatic rings. The van der Waals surface area contributed by atoms with Crippen LogP contribution in [0.5, 0.6) is 5.75 Å². The molecule has 4 nitrogen and oxygen atoms in total. The minimum Gasteiger partial charge on any atom is -0.488 e. The van der Waals surface area contributed by atoms with Crippen LogP contribution in [0.2, 0.25) is 0 Å². The molecule has 5 heteroatoms. The van der Waals surface area contributed by atoms with Crippen molar-refractivity contribution in [3.05, 3.63) is 76.1 Å². The van der Waals surface area contributed by atoms with Crippen LogP contribution in [0, 0.1) is 6.92 Å². The van der Waals surface area contributed by atoms with Crippen LogP contribution in [-0.4, -0.2) is 10.9 Å². The van der Waals surface area contributed by atoms with E-state index in [1.165, 1.54) is 0 Å². The molecule has 23 heavy (non-hydrogen) atoms. The Bertz CT molecular complexity index is 800. The average Bonchev–Trinajstić information content (AvgIpc) is 3.07. The van der Waals surface area contributed by atoms with E-state index >= 15 is 0 Å². The Kier molecular flexibility index (Phi) is 4.68. The molecule has 0 fully saturated rings. The normalized spacial score (nSPS) is 10.3. The number of hydrogen-bond donors (Lipinski definition) is 1. The van der Waals surface area contributed by atoms with Crippen LogP contribution in [0.25, 0.3) is 0 Å². The predicted octanol–water partition coefficient (Wildman–Crippen LogP) is 4.28. The van der Waals surface area contributed by atoms with Crippen LogP contribution in [-0.2, 0) is 6.61 Å². The molecule has 1 aromatic carbocycles. The van der Waals surface area contributed by atoms with E-state index in [-0.39, 0.29) is 5.91 Å². The van der Waals surface area contributed by atoms with E-state index in [1.807, 2.05) is 48.7 Å². The van der Waals surface area contributed by atoms with Crippen molar-refractivity contribution >= 4 is 23.1 Å². The standard InChI is InChI=1S/C18H16N2O2S/c1-13-5-2-9-17(19-13)20-18(21)14-6-3-7-15(11-14)22-12-16-8-4-10-23-16/h2-11H,12H2,1H3,(H,19,20,21). The molecule has 0 aliphatic carbocycles. The van der Waals surface area contributed by atoms with Crippen molar-refractivity contribution in [1.29, 1.82) is 0 Å². The zero-order valence-corrected chi connectivity index (χ0v) is 13.5. The van der Waals surface area contributed by atoms with E-state index in [0.29, 0.717) is 23.7 Å². The van der Waals surface area contributed by atoms with Gasteiger partial charge in [-0.05, 0) is 48.7 Å². The van der Waals surface area contributed by atoms with Crippen molar-refractivity contribution in [2.45, 2.75) is 13.5 Å². The fourth-order valence-corrected chi connectivity index (χ4v) is 2.69. The van der Waals surface area contributed by atoms with Crippen LogP contribution < -0.4 is 10.1 Å². The highest BCUT2D eigenvalue weighted by Crippen LogP contribution is 2.18. The van der Waals surface area contributed by atoms with Gasteiger partial charge in [0, 0.05) is 16.1 Å². The smallest absolute Gasteiger partial charge is 0.256 e. The van der Waals surface area contributed by atoms with E-state index in [2.05, 4.69) is 10.3 Å². The molecule has 0 bridgehead atoms. The Balaban J connectivity index is 1.67. The third-order valence-electron chi connectivity index (χ3n) is 3.19. The first-order chi connectivity index (χ1) is 11.2. The predicted molar refractivity (Wildman–Crippen MR) is 92.0 cm³/mol. The average molecular weight is 324 g/mol. The van der Waals surface area contributed by atoms with E-state index in [1.54, 1.807) is 29.5 Å². The number of nitrogens with one attached hydrogen (secondary N) is 1. The Morgan fingerprint density at radius 2 is 2.04 bits per heavy atom. The molecule has 0 unspecified atom stereocenters. The largest absolute Gasteiger partial charge is 0.488 e. The van der Waals surface area contributed by atoms with E-state index in [4.69, 9.17) is 4.74 Å². The Morgan fingerprint density at radius 3 is 2.83 bits per heavy atom. The van der Waals surface area contributed by atoms with Gasteiger partial charge in [-0.2, -0.15) is 0 Å². The molecule has 0 radical (unpaired) electrons. The molecule has 1 amide bonds. The number of carbonyl (C=O) groups excluding carboxylic acids is 1. The highest BCUT2D eigenvalue weighted by Gasteiger charge is 2.08. The summed E-state index contributed by atoms with van der Waals surface area (Å²) in [7, 11) is 0. The molecule has 0 aliphatic heterocycles. The van der Waals surface area contributed by atoms with Crippen molar-refractivity contribution < 1.29 is 9.53 Å². The number of hydrogen-bond acceptors (Lipinski definition) is 4. The number of nitrogens with zero attached hydrogens (tertiary/aromatic N) is 1. The van der Waals surface area contributed by atoms with E-state index in [0.717, 1.165) is 10.6 Å². The maximum atomic E-state index is 12.3. The van der Waals surface area contributed by atoms with Crippen LogP contribution in [0.3, 0.4) is 0 Å². The second kappa shape index (κ2) is 7.07. The summed E-state index contributed by atoms with van der Waals surface area (Å²) in [5, 5.41) is 4.80. The van der Waals surface area contributed by atoms with Crippen molar-refractivity contribution in [1.82, 2.24) is 4.98 Å². The molecule has 2 aromatic heterocycles. The van der Waals surface area contributed by atoms with Gasteiger partial charge in [-0.15, -0.1) is 11.3 Å². The van der Waals surface area contributed by atoms with E-state index in [9.17, 15) is 4.79 Å². The summed E-state index contributed by atoms with van der Waals surface area (Å²) >= 11 is 1.64. The molecule has 2 heterocycles. The highest BCUT2D eigenvalue weighted by atomic mass is 32.1. The maximum Gasteiger partial charge on any atom is 0.256 e. The summed E-state index contributed by atoms with van der Waals surface area (Å²) in [6.07, 6.45) is 0. The fraction of sp³-hybridized carbons (Fsp3) is 0.111. The topological polar surface area (TPSA) is 51.2 Å². The number of rotatable bonds is 5. The summed E-state index contributed by atoms with van der Waals surface area (Å²) in [5.41, 5.74) is 1.40. The third-order valence-corrected chi connectivity index (χ3v) is 4.04. The first kappa shape index (κ1) is 15.2. The number of ether oxygens (including phenoxy) is 1. The SMILES string of the molecule is Cc1cccc(NC(=O)c2cccc(OCc3cccs3)c2)n1.